The number of aromatic carboxylic acids is 1. The highest BCUT2D eigenvalue weighted by Gasteiger charge is 2.12. The number of hydrogen-bond acceptors (Lipinski definition) is 2. The lowest BCUT2D eigenvalue weighted by Gasteiger charge is -2.18. The number of rotatable bonds is 15. The molecule has 0 radical (unpaired) electrons. The third kappa shape index (κ3) is 15.2. The predicted molar refractivity (Wildman–Crippen MR) is 125 cm³/mol. The van der Waals surface area contributed by atoms with Crippen LogP contribution in [0.2, 0.25) is 0 Å². The van der Waals surface area contributed by atoms with Crippen molar-refractivity contribution in [2.24, 2.45) is 5.92 Å². The normalized spacial score (nSPS) is 10.9. The van der Waals surface area contributed by atoms with Gasteiger partial charge in [-0.2, -0.15) is 0 Å². The zero-order valence-electron chi connectivity index (χ0n) is 19.5. The van der Waals surface area contributed by atoms with Gasteiger partial charge in [0, 0.05) is 6.61 Å². The fourth-order valence-corrected chi connectivity index (χ4v) is 3.36. The molecule has 3 heteroatoms. The van der Waals surface area contributed by atoms with E-state index >= 15 is 0 Å². The van der Waals surface area contributed by atoms with Crippen LogP contribution < -0.4 is 0 Å². The molecule has 0 unspecified atom stereocenters. The van der Waals surface area contributed by atoms with Crippen molar-refractivity contribution in [2.75, 3.05) is 6.61 Å². The predicted octanol–water partition coefficient (Wildman–Crippen LogP) is 7.82. The Balaban J connectivity index is 0.00000139. The first-order valence-electron chi connectivity index (χ1n) is 11.9. The van der Waals surface area contributed by atoms with Crippen molar-refractivity contribution < 1.29 is 15.0 Å². The molecule has 0 amide bonds. The van der Waals surface area contributed by atoms with Gasteiger partial charge in [0.1, 0.15) is 0 Å². The lowest BCUT2D eigenvalue weighted by Crippen LogP contribution is -2.02. The first-order chi connectivity index (χ1) is 14.0. The molecule has 0 aliphatic rings. The molecule has 168 valence electrons. The van der Waals surface area contributed by atoms with Gasteiger partial charge in [-0.15, -0.1) is 0 Å². The number of carboxylic acid groups (broad SMARTS) is 1. The average Bonchev–Trinajstić information content (AvgIpc) is 2.72. The molecule has 0 bridgehead atoms. The molecule has 1 aromatic carbocycles. The molecule has 0 fully saturated rings. The summed E-state index contributed by atoms with van der Waals surface area (Å²) in [6.45, 7) is 8.76. The fraction of sp³-hybridized carbons (Fsp3) is 0.731. The Kier molecular flexibility index (Phi) is 17.8. The van der Waals surface area contributed by atoms with E-state index in [0.29, 0.717) is 24.0 Å². The first kappa shape index (κ1) is 27.6. The minimum absolute atomic E-state index is 0.306. The average molecular weight is 407 g/mol. The molecule has 0 heterocycles. The standard InChI is InChI=1S/C22H36O2.C4H10O/c1-3-5-7-9-11-13-19(14-12-10-8-6-4-2)20-15-17-21(18-16-20)22(23)24;1-4(2)3-5/h15-19H,3-14H2,1-2H3,(H,23,24);4-5H,3H2,1-2H3. The number of unbranched alkanes of at least 4 members (excludes halogenated alkanes) is 8. The van der Waals surface area contributed by atoms with Crippen molar-refractivity contribution in [2.45, 2.75) is 111 Å². The van der Waals surface area contributed by atoms with Gasteiger partial charge in [0.2, 0.25) is 0 Å². The summed E-state index contributed by atoms with van der Waals surface area (Å²) >= 11 is 0. The largest absolute Gasteiger partial charge is 0.478 e. The molecule has 1 aromatic rings. The van der Waals surface area contributed by atoms with Gasteiger partial charge in [-0.25, -0.2) is 4.79 Å². The van der Waals surface area contributed by atoms with Crippen LogP contribution in [0.15, 0.2) is 24.3 Å². The van der Waals surface area contributed by atoms with Gasteiger partial charge in [-0.1, -0.05) is 104 Å². The number of hydrogen-bond donors (Lipinski definition) is 2. The molecule has 0 atom stereocenters. The van der Waals surface area contributed by atoms with Gasteiger partial charge in [0.05, 0.1) is 5.56 Å². The Morgan fingerprint density at radius 1 is 0.793 bits per heavy atom. The summed E-state index contributed by atoms with van der Waals surface area (Å²) in [6, 6.07) is 7.59. The molecule has 2 N–H and O–H groups in total. The van der Waals surface area contributed by atoms with Crippen molar-refractivity contribution >= 4 is 5.97 Å². The Morgan fingerprint density at radius 2 is 1.21 bits per heavy atom. The molecule has 0 saturated carbocycles. The summed E-state index contributed by atoms with van der Waals surface area (Å²) in [7, 11) is 0. The molecule has 0 aliphatic carbocycles. The van der Waals surface area contributed by atoms with Gasteiger partial charge in [-0.05, 0) is 42.4 Å². The summed E-state index contributed by atoms with van der Waals surface area (Å²) in [5.41, 5.74) is 1.72. The molecule has 0 saturated heterocycles. The molecule has 3 nitrogen and oxygen atoms in total. The summed E-state index contributed by atoms with van der Waals surface area (Å²) in [4.78, 5) is 11.0. The van der Waals surface area contributed by atoms with Crippen LogP contribution in [-0.2, 0) is 0 Å². The zero-order valence-corrected chi connectivity index (χ0v) is 19.5. The highest BCUT2D eigenvalue weighted by molar-refractivity contribution is 5.87. The van der Waals surface area contributed by atoms with Crippen LogP contribution in [0.5, 0.6) is 0 Å². The van der Waals surface area contributed by atoms with Crippen molar-refractivity contribution in [3.63, 3.8) is 0 Å². The number of benzene rings is 1. The van der Waals surface area contributed by atoms with E-state index in [4.69, 9.17) is 10.2 Å². The van der Waals surface area contributed by atoms with Gasteiger partial charge >= 0.3 is 5.97 Å². The van der Waals surface area contributed by atoms with E-state index in [2.05, 4.69) is 13.8 Å². The molecular weight excluding hydrogens is 360 g/mol. The Labute approximate surface area is 179 Å². The Hall–Kier alpha value is -1.35. The fourth-order valence-electron chi connectivity index (χ4n) is 3.36. The number of aliphatic hydroxyl groups is 1. The lowest BCUT2D eigenvalue weighted by atomic mass is 9.87. The van der Waals surface area contributed by atoms with Crippen molar-refractivity contribution in [3.8, 4) is 0 Å². The lowest BCUT2D eigenvalue weighted by molar-refractivity contribution is 0.0697. The van der Waals surface area contributed by atoms with E-state index in [1.807, 2.05) is 26.0 Å². The van der Waals surface area contributed by atoms with E-state index in [-0.39, 0.29) is 0 Å². The van der Waals surface area contributed by atoms with Crippen molar-refractivity contribution in [1.29, 1.82) is 0 Å². The summed E-state index contributed by atoms with van der Waals surface area (Å²) < 4.78 is 0. The number of carboxylic acids is 1. The maximum Gasteiger partial charge on any atom is 0.335 e. The Bertz CT molecular complexity index is 479. The van der Waals surface area contributed by atoms with Gasteiger partial charge in [0.15, 0.2) is 0 Å². The molecular formula is C26H46O3. The minimum Gasteiger partial charge on any atom is -0.478 e. The summed E-state index contributed by atoms with van der Waals surface area (Å²) in [6.07, 6.45) is 15.7. The highest BCUT2D eigenvalue weighted by atomic mass is 16.4. The van der Waals surface area contributed by atoms with Crippen LogP contribution in [0.1, 0.15) is 127 Å². The Morgan fingerprint density at radius 3 is 1.55 bits per heavy atom. The smallest absolute Gasteiger partial charge is 0.335 e. The quantitative estimate of drug-likeness (QED) is 0.292. The molecule has 0 aromatic heterocycles. The number of aliphatic hydroxyl groups excluding tert-OH is 1. The first-order valence-corrected chi connectivity index (χ1v) is 11.9. The van der Waals surface area contributed by atoms with E-state index in [1.165, 1.54) is 82.6 Å². The maximum atomic E-state index is 11.0. The highest BCUT2D eigenvalue weighted by Crippen LogP contribution is 2.29. The van der Waals surface area contributed by atoms with Crippen LogP contribution >= 0.6 is 0 Å². The van der Waals surface area contributed by atoms with Crippen molar-refractivity contribution in [1.82, 2.24) is 0 Å². The monoisotopic (exact) mass is 406 g/mol. The molecule has 29 heavy (non-hydrogen) atoms. The third-order valence-corrected chi connectivity index (χ3v) is 5.31. The van der Waals surface area contributed by atoms with E-state index in [0.717, 1.165) is 0 Å². The van der Waals surface area contributed by atoms with E-state index in [1.54, 1.807) is 12.1 Å². The van der Waals surface area contributed by atoms with E-state index < -0.39 is 5.97 Å². The van der Waals surface area contributed by atoms with Gasteiger partial charge in [0.25, 0.3) is 0 Å². The van der Waals surface area contributed by atoms with Crippen LogP contribution in [0, 0.1) is 5.92 Å². The van der Waals surface area contributed by atoms with Crippen LogP contribution in [0.25, 0.3) is 0 Å². The van der Waals surface area contributed by atoms with Crippen LogP contribution in [-0.4, -0.2) is 22.8 Å². The van der Waals surface area contributed by atoms with Crippen molar-refractivity contribution in [3.05, 3.63) is 35.4 Å². The topological polar surface area (TPSA) is 57.5 Å². The summed E-state index contributed by atoms with van der Waals surface area (Å²) in [5.74, 6) is 0.198. The summed E-state index contributed by atoms with van der Waals surface area (Å²) in [5, 5.41) is 17.2. The SMILES string of the molecule is CC(C)CO.CCCCCCCC(CCCCCCC)c1ccc(C(=O)O)cc1. The second-order valence-corrected chi connectivity index (χ2v) is 8.61. The van der Waals surface area contributed by atoms with Crippen LogP contribution in [0.3, 0.4) is 0 Å². The molecule has 0 spiro atoms. The second-order valence-electron chi connectivity index (χ2n) is 8.61. The van der Waals surface area contributed by atoms with E-state index in [9.17, 15) is 4.79 Å². The second kappa shape index (κ2) is 18.7. The number of carbonyl (C=O) groups is 1. The van der Waals surface area contributed by atoms with Crippen LogP contribution in [0.4, 0.5) is 0 Å². The van der Waals surface area contributed by atoms with Gasteiger partial charge in [-0.3, -0.25) is 0 Å². The minimum atomic E-state index is -0.836. The maximum absolute atomic E-state index is 11.0. The zero-order chi connectivity index (χ0) is 21.9. The molecule has 1 rings (SSSR count). The third-order valence-electron chi connectivity index (χ3n) is 5.31. The molecule has 0 aliphatic heterocycles. The van der Waals surface area contributed by atoms with Gasteiger partial charge < -0.3 is 10.2 Å².